The molecule has 1 atom stereocenters. The number of halogens is 7. The van der Waals surface area contributed by atoms with Crippen LogP contribution in [0.1, 0.15) is 0 Å². The van der Waals surface area contributed by atoms with Crippen molar-refractivity contribution in [2.45, 2.75) is 18.1 Å². The molecule has 12 heavy (non-hydrogen) atoms. The van der Waals surface area contributed by atoms with Crippen molar-refractivity contribution in [1.82, 2.24) is 0 Å². The maximum Gasteiger partial charge on any atom is 1.00 e. The Kier molecular flexibility index (Phi) is 5.25. The van der Waals surface area contributed by atoms with Gasteiger partial charge in [0.1, 0.15) is 0 Å². The predicted molar refractivity (Wildman–Crippen MR) is 15.9 cm³/mol. The van der Waals surface area contributed by atoms with E-state index in [9.17, 15) is 26.3 Å². The van der Waals surface area contributed by atoms with Gasteiger partial charge in [0.2, 0.25) is 0 Å². The summed E-state index contributed by atoms with van der Waals surface area (Å²) in [5.41, 5.74) is 0. The molecule has 1 saturated heterocycles. The van der Waals surface area contributed by atoms with E-state index in [2.05, 4.69) is 4.74 Å². The standard InChI is InChI=1S/C3F6O.Cs.FH/c4-1(2(5,6)7)3(8,9)10-1;;/h;;1H/q;+1;/p-1. The molecule has 0 aromatic heterocycles. The number of hydrogen-bond donors (Lipinski definition) is 0. The van der Waals surface area contributed by atoms with Crippen LogP contribution in [-0.4, -0.2) is 18.1 Å². The smallest absolute Gasteiger partial charge is 1.00 e. The van der Waals surface area contributed by atoms with Gasteiger partial charge >= 0.3 is 87.0 Å². The number of rotatable bonds is 0. The van der Waals surface area contributed by atoms with Gasteiger partial charge in [0.15, 0.2) is 0 Å². The van der Waals surface area contributed by atoms with E-state index in [0.717, 1.165) is 0 Å². The molecule has 0 aromatic carbocycles. The molecule has 1 nitrogen and oxygen atoms in total. The Morgan fingerprint density at radius 2 is 1.25 bits per heavy atom. The van der Waals surface area contributed by atoms with Gasteiger partial charge in [-0.3, -0.25) is 4.74 Å². The van der Waals surface area contributed by atoms with Crippen LogP contribution < -0.4 is 73.6 Å². The molecule has 0 saturated carbocycles. The summed E-state index contributed by atoms with van der Waals surface area (Å²) in [5, 5.41) is 0. The Bertz CT molecular complexity index is 167. The molecular weight excluding hydrogens is 318 g/mol. The van der Waals surface area contributed by atoms with Crippen molar-refractivity contribution in [3.8, 4) is 0 Å². The fourth-order valence-corrected chi connectivity index (χ4v) is 0.374. The zero-order chi connectivity index (χ0) is 8.21. The number of epoxide rings is 1. The molecule has 1 heterocycles. The average Bonchev–Trinajstić information content (AvgIpc) is 2.05. The van der Waals surface area contributed by atoms with Crippen LogP contribution in [0.4, 0.5) is 26.3 Å². The Hall–Kier alpha value is 1.52. The molecule has 0 N–H and O–H groups in total. The normalized spacial score (nSPS) is 31.5. The predicted octanol–water partition coefficient (Wildman–Crippen LogP) is -4.15. The van der Waals surface area contributed by atoms with Crippen LogP contribution in [0, 0.1) is 0 Å². The molecule has 1 unspecified atom stereocenters. The molecule has 0 amide bonds. The largest absolute Gasteiger partial charge is 1.00 e. The minimum atomic E-state index is -5.66. The molecule has 68 valence electrons. The second-order valence-electron chi connectivity index (χ2n) is 1.71. The first-order valence-corrected chi connectivity index (χ1v) is 2.04. The van der Waals surface area contributed by atoms with E-state index >= 15 is 0 Å². The van der Waals surface area contributed by atoms with Gasteiger partial charge in [0, 0.05) is 0 Å². The van der Waals surface area contributed by atoms with Crippen molar-refractivity contribution >= 4 is 0 Å². The van der Waals surface area contributed by atoms with Crippen molar-refractivity contribution in [3.63, 3.8) is 0 Å². The Morgan fingerprint density at radius 3 is 1.25 bits per heavy atom. The molecule has 9 heteroatoms. The number of ether oxygens (including phenoxy) is 1. The molecule has 0 aliphatic carbocycles. The van der Waals surface area contributed by atoms with Crippen LogP contribution in [0.15, 0.2) is 0 Å². The van der Waals surface area contributed by atoms with Gasteiger partial charge < -0.3 is 4.70 Å². The van der Waals surface area contributed by atoms with Gasteiger partial charge in [0.25, 0.3) is 0 Å². The topological polar surface area (TPSA) is 12.5 Å². The second kappa shape index (κ2) is 3.95. The zero-order valence-electron chi connectivity index (χ0n) is 5.55. The van der Waals surface area contributed by atoms with Gasteiger partial charge in [-0.05, 0) is 0 Å². The van der Waals surface area contributed by atoms with Crippen LogP contribution in [0.5, 0.6) is 0 Å². The molecule has 0 aromatic rings. The third kappa shape index (κ3) is 2.31. The molecule has 0 radical (unpaired) electrons. The van der Waals surface area contributed by atoms with Crippen LogP contribution in [-0.2, 0) is 4.74 Å². The van der Waals surface area contributed by atoms with Crippen molar-refractivity contribution in [2.75, 3.05) is 0 Å². The van der Waals surface area contributed by atoms with E-state index in [-0.39, 0.29) is 73.6 Å². The molecular formula is C3CsF7O. The van der Waals surface area contributed by atoms with E-state index in [1.165, 1.54) is 0 Å². The van der Waals surface area contributed by atoms with Crippen LogP contribution in [0.25, 0.3) is 0 Å². The quantitative estimate of drug-likeness (QED) is 0.326. The maximum absolute atomic E-state index is 11.7. The van der Waals surface area contributed by atoms with E-state index < -0.39 is 18.1 Å². The number of alkyl halides is 6. The molecule has 1 rings (SSSR count). The monoisotopic (exact) mass is 318 g/mol. The summed E-state index contributed by atoms with van der Waals surface area (Å²) in [6, 6.07) is 0. The summed E-state index contributed by atoms with van der Waals surface area (Å²) in [4.78, 5) is 0. The Balaban J connectivity index is 0. The summed E-state index contributed by atoms with van der Waals surface area (Å²) in [5.74, 6) is -4.75. The maximum atomic E-state index is 11.7. The van der Waals surface area contributed by atoms with Gasteiger partial charge in [-0.15, -0.1) is 0 Å². The van der Waals surface area contributed by atoms with Crippen molar-refractivity contribution in [2.24, 2.45) is 0 Å². The van der Waals surface area contributed by atoms with E-state index in [1.54, 1.807) is 0 Å². The first-order valence-electron chi connectivity index (χ1n) is 2.04. The first kappa shape index (κ1) is 16.0. The van der Waals surface area contributed by atoms with Gasteiger partial charge in [-0.2, -0.15) is 26.3 Å². The minimum absolute atomic E-state index is 0. The summed E-state index contributed by atoms with van der Waals surface area (Å²) in [6.07, 6.45) is -10.4. The summed E-state index contributed by atoms with van der Waals surface area (Å²) < 4.78 is 70.4. The number of hydrogen-bond acceptors (Lipinski definition) is 1. The fraction of sp³-hybridized carbons (Fsp3) is 1.00. The van der Waals surface area contributed by atoms with Crippen LogP contribution in [0.3, 0.4) is 0 Å². The Labute approximate surface area is 121 Å². The van der Waals surface area contributed by atoms with E-state index in [1.807, 2.05) is 0 Å². The molecule has 1 aliphatic heterocycles. The summed E-state index contributed by atoms with van der Waals surface area (Å²) >= 11 is 0. The zero-order valence-corrected chi connectivity index (χ0v) is 11.8. The van der Waals surface area contributed by atoms with Gasteiger partial charge in [-0.1, -0.05) is 0 Å². The third-order valence-corrected chi connectivity index (χ3v) is 0.966. The van der Waals surface area contributed by atoms with E-state index in [0.29, 0.717) is 0 Å². The first-order chi connectivity index (χ1) is 4.21. The van der Waals surface area contributed by atoms with Gasteiger partial charge in [0.05, 0.1) is 0 Å². The van der Waals surface area contributed by atoms with Crippen molar-refractivity contribution in [1.29, 1.82) is 0 Å². The molecule has 1 fully saturated rings. The Morgan fingerprint density at radius 1 is 1.00 bits per heavy atom. The third-order valence-electron chi connectivity index (χ3n) is 0.966. The second-order valence-corrected chi connectivity index (χ2v) is 1.71. The van der Waals surface area contributed by atoms with E-state index in [4.69, 9.17) is 0 Å². The fourth-order valence-electron chi connectivity index (χ4n) is 0.374. The minimum Gasteiger partial charge on any atom is -1.00 e. The van der Waals surface area contributed by atoms with Crippen LogP contribution in [0.2, 0.25) is 0 Å². The van der Waals surface area contributed by atoms with Crippen LogP contribution >= 0.6 is 0 Å². The van der Waals surface area contributed by atoms with Crippen molar-refractivity contribution in [3.05, 3.63) is 0 Å². The summed E-state index contributed by atoms with van der Waals surface area (Å²) in [6.45, 7) is 0. The van der Waals surface area contributed by atoms with Gasteiger partial charge in [-0.25, -0.2) is 0 Å². The molecule has 0 spiro atoms. The summed E-state index contributed by atoms with van der Waals surface area (Å²) in [7, 11) is 0. The van der Waals surface area contributed by atoms with Crippen molar-refractivity contribution < 1.29 is 105 Å². The molecule has 1 aliphatic rings. The average molecular weight is 318 g/mol. The molecule has 0 bridgehead atoms. The SMILES string of the molecule is FC(F)(F)C1(F)OC1(F)F.[Cs+].[F-].